The Morgan fingerprint density at radius 1 is 0.929 bits per heavy atom. The molecule has 0 spiro atoms. The van der Waals surface area contributed by atoms with Gasteiger partial charge in [-0.15, -0.1) is 0 Å². The van der Waals surface area contributed by atoms with Crippen LogP contribution < -0.4 is 0 Å². The summed E-state index contributed by atoms with van der Waals surface area (Å²) in [5, 5.41) is 0. The van der Waals surface area contributed by atoms with E-state index in [1.165, 1.54) is 57.8 Å². The molecule has 0 aliphatic heterocycles. The summed E-state index contributed by atoms with van der Waals surface area (Å²) in [5.74, 6) is 1.98. The van der Waals surface area contributed by atoms with Gasteiger partial charge in [-0.3, -0.25) is 0 Å². The zero-order valence-corrected chi connectivity index (χ0v) is 9.60. The molecule has 0 aromatic heterocycles. The summed E-state index contributed by atoms with van der Waals surface area (Å²) < 4.78 is 0. The van der Waals surface area contributed by atoms with E-state index in [2.05, 4.69) is 13.0 Å². The van der Waals surface area contributed by atoms with E-state index >= 15 is 0 Å². The number of hydrogen-bond acceptors (Lipinski definition) is 0. The molecule has 2 bridgehead atoms. The highest BCUT2D eigenvalue weighted by molar-refractivity contribution is 5.03. The van der Waals surface area contributed by atoms with Crippen LogP contribution in [0.2, 0.25) is 0 Å². The number of hydrogen-bond donors (Lipinski definition) is 0. The van der Waals surface area contributed by atoms with Crippen molar-refractivity contribution in [2.24, 2.45) is 11.8 Å². The standard InChI is InChI=1S/C14H24/c1-12-7-8-13-5-3-2-4-6-14(11-12)10-9-13/h11,13-14H,2-10H2,1H3. The smallest absolute Gasteiger partial charge is 0.0231 e. The lowest BCUT2D eigenvalue weighted by atomic mass is 9.84. The minimum Gasteiger partial charge on any atom is -0.0825 e. The van der Waals surface area contributed by atoms with Crippen LogP contribution in [-0.2, 0) is 0 Å². The summed E-state index contributed by atoms with van der Waals surface area (Å²) >= 11 is 0. The van der Waals surface area contributed by atoms with Crippen LogP contribution in [-0.4, -0.2) is 0 Å². The Bertz CT molecular complexity index is 202. The second-order valence-corrected chi connectivity index (χ2v) is 5.39. The van der Waals surface area contributed by atoms with Crippen molar-refractivity contribution < 1.29 is 0 Å². The molecule has 1 saturated carbocycles. The average molecular weight is 192 g/mol. The fourth-order valence-electron chi connectivity index (χ4n) is 3.13. The molecule has 0 saturated heterocycles. The molecule has 0 heterocycles. The molecule has 80 valence electrons. The lowest BCUT2D eigenvalue weighted by Crippen LogP contribution is -2.07. The summed E-state index contributed by atoms with van der Waals surface area (Å²) in [4.78, 5) is 0. The van der Waals surface area contributed by atoms with Gasteiger partial charge in [0.1, 0.15) is 0 Å². The molecule has 2 aliphatic rings. The predicted octanol–water partition coefficient (Wildman–Crippen LogP) is 4.70. The van der Waals surface area contributed by atoms with Gasteiger partial charge in [-0.1, -0.05) is 37.3 Å². The van der Waals surface area contributed by atoms with E-state index in [0.29, 0.717) is 0 Å². The van der Waals surface area contributed by atoms with Gasteiger partial charge in [0.2, 0.25) is 0 Å². The number of allylic oxidation sites excluding steroid dienone is 2. The minimum atomic E-state index is 0.927. The minimum absolute atomic E-state index is 0.927. The van der Waals surface area contributed by atoms with E-state index in [-0.39, 0.29) is 0 Å². The SMILES string of the molecule is CC1=CC2CCCCCC(CC1)CC2. The Labute approximate surface area is 88.8 Å². The van der Waals surface area contributed by atoms with Gasteiger partial charge in [0.15, 0.2) is 0 Å². The van der Waals surface area contributed by atoms with Gasteiger partial charge in [0.05, 0.1) is 0 Å². The Balaban J connectivity index is 2.06. The molecule has 14 heavy (non-hydrogen) atoms. The third kappa shape index (κ3) is 2.87. The van der Waals surface area contributed by atoms with E-state index in [1.807, 2.05) is 0 Å². The van der Waals surface area contributed by atoms with Gasteiger partial charge in [-0.2, -0.15) is 0 Å². The molecule has 0 amide bonds. The monoisotopic (exact) mass is 192 g/mol. The molecule has 2 aliphatic carbocycles. The van der Waals surface area contributed by atoms with Crippen molar-refractivity contribution in [2.75, 3.05) is 0 Å². The summed E-state index contributed by atoms with van der Waals surface area (Å²) in [7, 11) is 0. The van der Waals surface area contributed by atoms with Crippen LogP contribution in [0.3, 0.4) is 0 Å². The Morgan fingerprint density at radius 2 is 1.79 bits per heavy atom. The van der Waals surface area contributed by atoms with Gasteiger partial charge in [0, 0.05) is 0 Å². The van der Waals surface area contributed by atoms with Gasteiger partial charge < -0.3 is 0 Å². The largest absolute Gasteiger partial charge is 0.0825 e. The first-order valence-corrected chi connectivity index (χ1v) is 6.52. The van der Waals surface area contributed by atoms with Crippen molar-refractivity contribution in [1.29, 1.82) is 0 Å². The molecule has 1 fully saturated rings. The zero-order chi connectivity index (χ0) is 9.80. The second kappa shape index (κ2) is 5.00. The molecule has 0 N–H and O–H groups in total. The normalized spacial score (nSPS) is 34.8. The molecule has 0 heteroatoms. The van der Waals surface area contributed by atoms with Crippen LogP contribution in [0, 0.1) is 11.8 Å². The summed E-state index contributed by atoms with van der Waals surface area (Å²) in [6.45, 7) is 2.34. The molecule has 0 radical (unpaired) electrons. The predicted molar refractivity (Wildman–Crippen MR) is 62.3 cm³/mol. The lowest BCUT2D eigenvalue weighted by molar-refractivity contribution is 0.374. The molecule has 0 aromatic rings. The van der Waals surface area contributed by atoms with Crippen LogP contribution in [0.1, 0.15) is 64.7 Å². The Hall–Kier alpha value is -0.260. The van der Waals surface area contributed by atoms with Gasteiger partial charge in [-0.05, 0) is 50.9 Å². The van der Waals surface area contributed by atoms with E-state index in [1.54, 1.807) is 5.57 Å². The second-order valence-electron chi connectivity index (χ2n) is 5.39. The van der Waals surface area contributed by atoms with E-state index in [9.17, 15) is 0 Å². The fraction of sp³-hybridized carbons (Fsp3) is 0.857. The van der Waals surface area contributed by atoms with Crippen LogP contribution in [0.15, 0.2) is 11.6 Å². The fourth-order valence-corrected chi connectivity index (χ4v) is 3.13. The Kier molecular flexibility index (Phi) is 3.67. The molecule has 0 nitrogen and oxygen atoms in total. The summed E-state index contributed by atoms with van der Waals surface area (Å²) in [6.07, 6.45) is 15.8. The van der Waals surface area contributed by atoms with Crippen molar-refractivity contribution >= 4 is 0 Å². The molecule has 2 unspecified atom stereocenters. The average Bonchev–Trinajstić information content (AvgIpc) is 2.23. The zero-order valence-electron chi connectivity index (χ0n) is 9.60. The van der Waals surface area contributed by atoms with Gasteiger partial charge >= 0.3 is 0 Å². The molecule has 2 rings (SSSR count). The number of fused-ring (bicyclic) bond motifs is 3. The molecular weight excluding hydrogens is 168 g/mol. The third-order valence-electron chi connectivity index (χ3n) is 4.10. The maximum Gasteiger partial charge on any atom is -0.0231 e. The highest BCUT2D eigenvalue weighted by Gasteiger charge is 2.17. The topological polar surface area (TPSA) is 0 Å². The van der Waals surface area contributed by atoms with Crippen molar-refractivity contribution in [2.45, 2.75) is 64.7 Å². The lowest BCUT2D eigenvalue weighted by Gasteiger charge is -2.21. The highest BCUT2D eigenvalue weighted by atomic mass is 14.2. The van der Waals surface area contributed by atoms with Crippen LogP contribution >= 0.6 is 0 Å². The molecule has 0 aromatic carbocycles. The maximum absolute atomic E-state index is 2.58. The molecule has 2 atom stereocenters. The maximum atomic E-state index is 2.58. The number of rotatable bonds is 0. The van der Waals surface area contributed by atoms with Gasteiger partial charge in [0.25, 0.3) is 0 Å². The van der Waals surface area contributed by atoms with Crippen LogP contribution in [0.25, 0.3) is 0 Å². The highest BCUT2D eigenvalue weighted by Crippen LogP contribution is 2.32. The quantitative estimate of drug-likeness (QED) is 0.488. The first-order valence-electron chi connectivity index (χ1n) is 6.52. The third-order valence-corrected chi connectivity index (χ3v) is 4.10. The van der Waals surface area contributed by atoms with Crippen LogP contribution in [0.4, 0.5) is 0 Å². The van der Waals surface area contributed by atoms with Crippen molar-refractivity contribution in [3.63, 3.8) is 0 Å². The van der Waals surface area contributed by atoms with Gasteiger partial charge in [-0.25, -0.2) is 0 Å². The van der Waals surface area contributed by atoms with E-state index < -0.39 is 0 Å². The molecular formula is C14H24. The first-order chi connectivity index (χ1) is 6.84. The van der Waals surface area contributed by atoms with Crippen LogP contribution in [0.5, 0.6) is 0 Å². The summed E-state index contributed by atoms with van der Waals surface area (Å²) in [5.41, 5.74) is 1.67. The van der Waals surface area contributed by atoms with Crippen molar-refractivity contribution in [3.8, 4) is 0 Å². The summed E-state index contributed by atoms with van der Waals surface area (Å²) in [6, 6.07) is 0. The Morgan fingerprint density at radius 3 is 2.71 bits per heavy atom. The van der Waals surface area contributed by atoms with Crippen molar-refractivity contribution in [1.82, 2.24) is 0 Å². The van der Waals surface area contributed by atoms with E-state index in [4.69, 9.17) is 0 Å². The first kappa shape index (κ1) is 10.3. The van der Waals surface area contributed by atoms with E-state index in [0.717, 1.165) is 11.8 Å². The van der Waals surface area contributed by atoms with Crippen molar-refractivity contribution in [3.05, 3.63) is 11.6 Å².